The van der Waals surface area contributed by atoms with Gasteiger partial charge in [-0.2, -0.15) is 0 Å². The zero-order valence-electron chi connectivity index (χ0n) is 18.3. The molecule has 0 aliphatic carbocycles. The van der Waals surface area contributed by atoms with Crippen molar-refractivity contribution in [2.45, 2.75) is 45.3 Å². The van der Waals surface area contributed by atoms with Crippen LogP contribution in [0.2, 0.25) is 0 Å². The van der Waals surface area contributed by atoms with Gasteiger partial charge < -0.3 is 14.9 Å². The SMILES string of the molecule is CN(Cc1ccc(C#CC(C)(C)O)s1)CC1CCN(CCc2ccc(F)cc2)CC1. The van der Waals surface area contributed by atoms with Crippen LogP contribution in [0, 0.1) is 23.6 Å². The van der Waals surface area contributed by atoms with Crippen LogP contribution in [0.3, 0.4) is 0 Å². The van der Waals surface area contributed by atoms with Crippen molar-refractivity contribution < 1.29 is 9.50 Å². The smallest absolute Gasteiger partial charge is 0.123 e. The molecule has 1 saturated heterocycles. The molecule has 1 N–H and O–H groups in total. The Morgan fingerprint density at radius 1 is 1.17 bits per heavy atom. The second kappa shape index (κ2) is 10.5. The van der Waals surface area contributed by atoms with E-state index in [1.54, 1.807) is 37.3 Å². The summed E-state index contributed by atoms with van der Waals surface area (Å²) in [6.45, 7) is 8.82. The summed E-state index contributed by atoms with van der Waals surface area (Å²) in [5, 5.41) is 9.74. The Hall–Kier alpha value is -1.71. The summed E-state index contributed by atoms with van der Waals surface area (Å²) in [7, 11) is 2.20. The molecule has 5 heteroatoms. The van der Waals surface area contributed by atoms with Crippen LogP contribution in [0.15, 0.2) is 36.4 Å². The van der Waals surface area contributed by atoms with Crippen LogP contribution < -0.4 is 0 Å². The van der Waals surface area contributed by atoms with Gasteiger partial charge in [-0.3, -0.25) is 0 Å². The van der Waals surface area contributed by atoms with Crippen LogP contribution in [-0.4, -0.2) is 53.7 Å². The number of likely N-dealkylation sites (tertiary alicyclic amines) is 1. The van der Waals surface area contributed by atoms with Gasteiger partial charge in [0.2, 0.25) is 0 Å². The number of halogens is 1. The summed E-state index contributed by atoms with van der Waals surface area (Å²) in [6, 6.07) is 11.1. The minimum Gasteiger partial charge on any atom is -0.378 e. The molecule has 0 saturated carbocycles. The quantitative estimate of drug-likeness (QED) is 0.663. The second-order valence-corrected chi connectivity index (χ2v) is 10.1. The topological polar surface area (TPSA) is 26.7 Å². The molecular formula is C25H33FN2OS. The molecule has 0 radical (unpaired) electrons. The van der Waals surface area contributed by atoms with Crippen molar-refractivity contribution in [3.8, 4) is 11.8 Å². The van der Waals surface area contributed by atoms with E-state index < -0.39 is 5.60 Å². The van der Waals surface area contributed by atoms with Crippen molar-refractivity contribution in [2.75, 3.05) is 33.2 Å². The average Bonchev–Trinajstić information content (AvgIpc) is 3.14. The lowest BCUT2D eigenvalue weighted by Gasteiger charge is -2.33. The van der Waals surface area contributed by atoms with E-state index in [2.05, 4.69) is 34.8 Å². The number of benzene rings is 1. The Kier molecular flexibility index (Phi) is 8.07. The summed E-state index contributed by atoms with van der Waals surface area (Å²) in [6.07, 6.45) is 3.46. The molecule has 1 aliphatic heterocycles. The van der Waals surface area contributed by atoms with E-state index in [1.165, 1.54) is 23.3 Å². The first-order valence-electron chi connectivity index (χ1n) is 10.8. The largest absolute Gasteiger partial charge is 0.378 e. The lowest BCUT2D eigenvalue weighted by atomic mass is 9.96. The predicted octanol–water partition coefficient (Wildman–Crippen LogP) is 4.40. The van der Waals surface area contributed by atoms with Crippen molar-refractivity contribution in [3.63, 3.8) is 0 Å². The molecule has 162 valence electrons. The molecule has 2 heterocycles. The molecule has 1 aromatic heterocycles. The first-order valence-corrected chi connectivity index (χ1v) is 11.6. The van der Waals surface area contributed by atoms with E-state index >= 15 is 0 Å². The van der Waals surface area contributed by atoms with Crippen LogP contribution in [-0.2, 0) is 13.0 Å². The number of thiophene rings is 1. The minimum absolute atomic E-state index is 0.163. The van der Waals surface area contributed by atoms with Crippen LogP contribution in [0.5, 0.6) is 0 Å². The van der Waals surface area contributed by atoms with Crippen LogP contribution in [0.4, 0.5) is 4.39 Å². The maximum Gasteiger partial charge on any atom is 0.123 e. The van der Waals surface area contributed by atoms with Gasteiger partial charge in [-0.15, -0.1) is 11.3 Å². The van der Waals surface area contributed by atoms with E-state index in [0.29, 0.717) is 0 Å². The Labute approximate surface area is 184 Å². The fourth-order valence-corrected chi connectivity index (χ4v) is 4.79. The van der Waals surface area contributed by atoms with E-state index in [4.69, 9.17) is 0 Å². The number of nitrogens with zero attached hydrogens (tertiary/aromatic N) is 2. The molecule has 1 fully saturated rings. The number of hydrogen-bond acceptors (Lipinski definition) is 4. The van der Waals surface area contributed by atoms with Crippen molar-refractivity contribution in [2.24, 2.45) is 5.92 Å². The third-order valence-corrected chi connectivity index (χ3v) is 6.47. The Morgan fingerprint density at radius 3 is 2.53 bits per heavy atom. The lowest BCUT2D eigenvalue weighted by Crippen LogP contribution is -2.38. The molecule has 2 aromatic rings. The Morgan fingerprint density at radius 2 is 1.87 bits per heavy atom. The standard InChI is InChI=1S/C25H33FN2OS/c1-25(2,29)14-10-23-8-9-24(30-23)19-27(3)18-21-12-16-28(17-13-21)15-11-20-4-6-22(26)7-5-20/h4-9,21,29H,11-13,15-19H2,1-3H3. The van der Waals surface area contributed by atoms with E-state index in [1.807, 2.05) is 18.2 Å². The molecular weight excluding hydrogens is 395 g/mol. The highest BCUT2D eigenvalue weighted by Crippen LogP contribution is 2.21. The highest BCUT2D eigenvalue weighted by molar-refractivity contribution is 7.12. The van der Waals surface area contributed by atoms with Gasteiger partial charge in [0.1, 0.15) is 11.4 Å². The number of piperidine rings is 1. The van der Waals surface area contributed by atoms with Crippen LogP contribution in [0.25, 0.3) is 0 Å². The zero-order valence-corrected chi connectivity index (χ0v) is 19.1. The molecule has 0 spiro atoms. The van der Waals surface area contributed by atoms with Gasteiger partial charge in [0.25, 0.3) is 0 Å². The monoisotopic (exact) mass is 428 g/mol. The molecule has 0 unspecified atom stereocenters. The molecule has 0 atom stereocenters. The molecule has 3 nitrogen and oxygen atoms in total. The predicted molar refractivity (Wildman–Crippen MR) is 123 cm³/mol. The van der Waals surface area contributed by atoms with Crippen LogP contribution in [0.1, 0.15) is 42.0 Å². The summed E-state index contributed by atoms with van der Waals surface area (Å²) >= 11 is 1.71. The van der Waals surface area contributed by atoms with Crippen LogP contribution >= 0.6 is 11.3 Å². The molecule has 30 heavy (non-hydrogen) atoms. The molecule has 1 aromatic carbocycles. The van der Waals surface area contributed by atoms with E-state index in [0.717, 1.165) is 49.9 Å². The summed E-state index contributed by atoms with van der Waals surface area (Å²) in [4.78, 5) is 7.27. The number of rotatable bonds is 7. The third-order valence-electron chi connectivity index (χ3n) is 5.49. The minimum atomic E-state index is -0.950. The van der Waals surface area contributed by atoms with Gasteiger partial charge in [0.15, 0.2) is 0 Å². The second-order valence-electron chi connectivity index (χ2n) is 8.93. The molecule has 1 aliphatic rings. The van der Waals surface area contributed by atoms with E-state index in [9.17, 15) is 9.50 Å². The Bertz CT molecular complexity index is 852. The van der Waals surface area contributed by atoms with Crippen molar-refractivity contribution >= 4 is 11.3 Å². The fraction of sp³-hybridized carbons (Fsp3) is 0.520. The van der Waals surface area contributed by atoms with Crippen molar-refractivity contribution in [1.29, 1.82) is 0 Å². The van der Waals surface area contributed by atoms with Gasteiger partial charge in [0.05, 0.1) is 4.88 Å². The normalized spacial score (nSPS) is 15.9. The van der Waals surface area contributed by atoms with Crippen molar-refractivity contribution in [1.82, 2.24) is 9.80 Å². The van der Waals surface area contributed by atoms with Gasteiger partial charge in [0, 0.05) is 24.5 Å². The highest BCUT2D eigenvalue weighted by Gasteiger charge is 2.20. The zero-order chi connectivity index (χ0) is 21.6. The van der Waals surface area contributed by atoms with Gasteiger partial charge in [-0.25, -0.2) is 4.39 Å². The highest BCUT2D eigenvalue weighted by atomic mass is 32.1. The average molecular weight is 429 g/mol. The van der Waals surface area contributed by atoms with Crippen molar-refractivity contribution in [3.05, 3.63) is 57.5 Å². The van der Waals surface area contributed by atoms with Gasteiger partial charge >= 0.3 is 0 Å². The maximum absolute atomic E-state index is 13.0. The maximum atomic E-state index is 13.0. The van der Waals surface area contributed by atoms with Gasteiger partial charge in [-0.1, -0.05) is 24.0 Å². The van der Waals surface area contributed by atoms with Gasteiger partial charge in [-0.05, 0) is 89.0 Å². The Balaban J connectivity index is 1.37. The number of hydrogen-bond donors (Lipinski definition) is 1. The fourth-order valence-electron chi connectivity index (χ4n) is 3.85. The summed E-state index contributed by atoms with van der Waals surface area (Å²) < 4.78 is 13.0. The molecule has 0 bridgehead atoms. The molecule has 0 amide bonds. The molecule has 3 rings (SSSR count). The summed E-state index contributed by atoms with van der Waals surface area (Å²) in [5.74, 6) is 6.53. The number of aliphatic hydroxyl groups is 1. The lowest BCUT2D eigenvalue weighted by molar-refractivity contribution is 0.143. The first kappa shape index (κ1) is 23.0. The first-order chi connectivity index (χ1) is 14.3. The third kappa shape index (κ3) is 7.85. The summed E-state index contributed by atoms with van der Waals surface area (Å²) in [5.41, 5.74) is 0.260. The van der Waals surface area contributed by atoms with E-state index in [-0.39, 0.29) is 5.82 Å².